The molecule has 3 rings (SSSR count). The van der Waals surface area contributed by atoms with E-state index in [1.165, 1.54) is 16.7 Å². The molecular formula is C18H21BrNO2+. The molecule has 0 radical (unpaired) electrons. The number of benzene rings is 2. The van der Waals surface area contributed by atoms with Gasteiger partial charge in [-0.05, 0) is 29.8 Å². The molecule has 1 unspecified atom stereocenters. The number of quaternary nitrogens is 1. The fourth-order valence-corrected chi connectivity index (χ4v) is 3.56. The van der Waals surface area contributed by atoms with Crippen molar-refractivity contribution in [2.24, 2.45) is 0 Å². The van der Waals surface area contributed by atoms with Crippen LogP contribution in [0, 0.1) is 0 Å². The molecule has 3 nitrogen and oxygen atoms in total. The molecule has 4 heteroatoms. The highest BCUT2D eigenvalue weighted by Gasteiger charge is 2.22. The Bertz CT molecular complexity index is 672. The highest BCUT2D eigenvalue weighted by atomic mass is 79.9. The quantitative estimate of drug-likeness (QED) is 0.903. The van der Waals surface area contributed by atoms with Gasteiger partial charge in [-0.25, -0.2) is 0 Å². The second kappa shape index (κ2) is 6.71. The van der Waals surface area contributed by atoms with Crippen LogP contribution < -0.4 is 14.4 Å². The van der Waals surface area contributed by atoms with E-state index in [2.05, 4.69) is 52.3 Å². The van der Waals surface area contributed by atoms with Crippen LogP contribution in [-0.4, -0.2) is 20.8 Å². The summed E-state index contributed by atoms with van der Waals surface area (Å²) in [6.07, 6.45) is 1.08. The van der Waals surface area contributed by atoms with Gasteiger partial charge >= 0.3 is 0 Å². The lowest BCUT2D eigenvalue weighted by molar-refractivity contribution is -0.929. The minimum absolute atomic E-state index is 0.824. The number of methoxy groups -OCH3 is 2. The van der Waals surface area contributed by atoms with E-state index in [-0.39, 0.29) is 0 Å². The Balaban J connectivity index is 1.78. The van der Waals surface area contributed by atoms with Crippen LogP contribution in [0.2, 0.25) is 0 Å². The molecule has 0 aliphatic carbocycles. The van der Waals surface area contributed by atoms with Crippen molar-refractivity contribution in [3.63, 3.8) is 0 Å². The van der Waals surface area contributed by atoms with Crippen LogP contribution >= 0.6 is 15.9 Å². The van der Waals surface area contributed by atoms with Gasteiger partial charge in [-0.15, -0.1) is 0 Å². The Kier molecular flexibility index (Phi) is 4.69. The Morgan fingerprint density at radius 2 is 1.77 bits per heavy atom. The van der Waals surface area contributed by atoms with Gasteiger partial charge in [0.1, 0.15) is 13.1 Å². The summed E-state index contributed by atoms with van der Waals surface area (Å²) in [7, 11) is 3.39. The zero-order valence-corrected chi connectivity index (χ0v) is 14.6. The van der Waals surface area contributed by atoms with Crippen molar-refractivity contribution in [1.29, 1.82) is 0 Å². The van der Waals surface area contributed by atoms with Gasteiger partial charge < -0.3 is 14.4 Å². The maximum Gasteiger partial charge on any atom is 0.161 e. The van der Waals surface area contributed by atoms with Gasteiger partial charge in [0.2, 0.25) is 0 Å². The largest absolute Gasteiger partial charge is 0.493 e. The molecule has 1 atom stereocenters. The van der Waals surface area contributed by atoms with Crippen molar-refractivity contribution < 1.29 is 14.4 Å². The molecule has 0 amide bonds. The number of nitrogens with one attached hydrogen (secondary N) is 1. The van der Waals surface area contributed by atoms with E-state index in [4.69, 9.17) is 9.47 Å². The monoisotopic (exact) mass is 362 g/mol. The summed E-state index contributed by atoms with van der Waals surface area (Å²) in [5.74, 6) is 1.65. The molecule has 2 aromatic rings. The Morgan fingerprint density at radius 3 is 2.45 bits per heavy atom. The summed E-state index contributed by atoms with van der Waals surface area (Å²) in [6.45, 7) is 3.23. The lowest BCUT2D eigenvalue weighted by Crippen LogP contribution is -3.10. The molecule has 1 N–H and O–H groups in total. The number of halogens is 1. The van der Waals surface area contributed by atoms with Crippen molar-refractivity contribution in [1.82, 2.24) is 0 Å². The topological polar surface area (TPSA) is 22.9 Å². The average Bonchev–Trinajstić information content (AvgIpc) is 2.53. The van der Waals surface area contributed by atoms with Gasteiger partial charge in [-0.1, -0.05) is 28.1 Å². The fourth-order valence-electron chi connectivity index (χ4n) is 3.12. The molecule has 116 valence electrons. The number of hydrogen-bond acceptors (Lipinski definition) is 2. The normalized spacial score (nSPS) is 17.0. The summed E-state index contributed by atoms with van der Waals surface area (Å²) >= 11 is 3.55. The van der Waals surface area contributed by atoms with E-state index in [1.54, 1.807) is 19.1 Å². The van der Waals surface area contributed by atoms with Gasteiger partial charge in [0.25, 0.3) is 0 Å². The third-order valence-corrected chi connectivity index (χ3v) is 4.73. The van der Waals surface area contributed by atoms with Crippen LogP contribution in [-0.2, 0) is 19.5 Å². The smallest absolute Gasteiger partial charge is 0.161 e. The lowest BCUT2D eigenvalue weighted by atomic mass is 9.98. The molecule has 0 saturated heterocycles. The second-order valence-corrected chi connectivity index (χ2v) is 6.63. The summed E-state index contributed by atoms with van der Waals surface area (Å²) in [6, 6.07) is 12.8. The van der Waals surface area contributed by atoms with E-state index in [1.807, 2.05) is 0 Å². The summed E-state index contributed by atoms with van der Waals surface area (Å²) in [4.78, 5) is 1.58. The van der Waals surface area contributed by atoms with Crippen molar-refractivity contribution in [2.75, 3.05) is 20.8 Å². The molecule has 1 heterocycles. The van der Waals surface area contributed by atoms with Gasteiger partial charge in [-0.2, -0.15) is 0 Å². The molecule has 1 aliphatic rings. The molecule has 0 saturated carbocycles. The third-order valence-electron chi connectivity index (χ3n) is 4.24. The second-order valence-electron chi connectivity index (χ2n) is 5.71. The van der Waals surface area contributed by atoms with Crippen molar-refractivity contribution in [3.8, 4) is 11.5 Å². The Labute approximate surface area is 140 Å². The van der Waals surface area contributed by atoms with E-state index in [0.29, 0.717) is 0 Å². The third kappa shape index (κ3) is 3.28. The van der Waals surface area contributed by atoms with Crippen molar-refractivity contribution in [3.05, 3.63) is 57.6 Å². The van der Waals surface area contributed by atoms with Crippen LogP contribution in [0.5, 0.6) is 11.5 Å². The van der Waals surface area contributed by atoms with E-state index < -0.39 is 0 Å². The first-order valence-corrected chi connectivity index (χ1v) is 8.30. The van der Waals surface area contributed by atoms with Gasteiger partial charge in [0.15, 0.2) is 11.5 Å². The van der Waals surface area contributed by atoms with Crippen LogP contribution in [0.15, 0.2) is 40.9 Å². The molecule has 2 aromatic carbocycles. The predicted octanol–water partition coefficient (Wildman–Crippen LogP) is 2.61. The Hall–Kier alpha value is -1.52. The molecule has 1 aliphatic heterocycles. The summed E-state index contributed by atoms with van der Waals surface area (Å²) < 4.78 is 12.0. The molecule has 22 heavy (non-hydrogen) atoms. The molecule has 0 spiro atoms. The first kappa shape index (κ1) is 15.4. The molecule has 0 bridgehead atoms. The zero-order chi connectivity index (χ0) is 15.5. The highest BCUT2D eigenvalue weighted by molar-refractivity contribution is 9.10. The van der Waals surface area contributed by atoms with E-state index in [9.17, 15) is 0 Å². The summed E-state index contributed by atoms with van der Waals surface area (Å²) in [5, 5.41) is 0. The van der Waals surface area contributed by atoms with Crippen molar-refractivity contribution >= 4 is 15.9 Å². The number of fused-ring (bicyclic) bond motifs is 1. The summed E-state index contributed by atoms with van der Waals surface area (Å²) in [5.41, 5.74) is 4.12. The van der Waals surface area contributed by atoms with Crippen LogP contribution in [0.1, 0.15) is 16.7 Å². The lowest BCUT2D eigenvalue weighted by Gasteiger charge is -2.27. The Morgan fingerprint density at radius 1 is 1.05 bits per heavy atom. The number of hydrogen-bond donors (Lipinski definition) is 1. The predicted molar refractivity (Wildman–Crippen MR) is 90.6 cm³/mol. The number of rotatable bonds is 4. The van der Waals surface area contributed by atoms with Crippen LogP contribution in [0.3, 0.4) is 0 Å². The average molecular weight is 363 g/mol. The zero-order valence-electron chi connectivity index (χ0n) is 13.0. The molecule has 0 fully saturated rings. The SMILES string of the molecule is COc1cc2c(cc1OC)C[NH+](Cc1cccc(Br)c1)CC2. The van der Waals surface area contributed by atoms with E-state index >= 15 is 0 Å². The maximum absolute atomic E-state index is 5.43. The van der Waals surface area contributed by atoms with Gasteiger partial charge in [0, 0.05) is 22.0 Å². The highest BCUT2D eigenvalue weighted by Crippen LogP contribution is 2.31. The molecular weight excluding hydrogens is 342 g/mol. The number of ether oxygens (including phenoxy) is 2. The minimum Gasteiger partial charge on any atom is -0.493 e. The molecule has 0 aromatic heterocycles. The van der Waals surface area contributed by atoms with E-state index in [0.717, 1.165) is 42.0 Å². The maximum atomic E-state index is 5.43. The first-order chi connectivity index (χ1) is 10.7. The van der Waals surface area contributed by atoms with Gasteiger partial charge in [-0.3, -0.25) is 0 Å². The van der Waals surface area contributed by atoms with Gasteiger partial charge in [0.05, 0.1) is 20.8 Å². The van der Waals surface area contributed by atoms with Crippen LogP contribution in [0.4, 0.5) is 0 Å². The fraction of sp³-hybridized carbons (Fsp3) is 0.333. The standard InChI is InChI=1S/C18H20BrNO2/c1-21-17-9-14-6-7-20(12-15(14)10-18(17)22-2)11-13-4-3-5-16(19)8-13/h3-5,8-10H,6-7,11-12H2,1-2H3/p+1. The van der Waals surface area contributed by atoms with Crippen molar-refractivity contribution in [2.45, 2.75) is 19.5 Å². The first-order valence-electron chi connectivity index (χ1n) is 7.51. The minimum atomic E-state index is 0.824. The van der Waals surface area contributed by atoms with Crippen LogP contribution in [0.25, 0.3) is 0 Å².